The minimum absolute atomic E-state index is 0.657. The van der Waals surface area contributed by atoms with Crippen molar-refractivity contribution in [2.45, 2.75) is 27.0 Å². The first-order valence-corrected chi connectivity index (χ1v) is 7.47. The van der Waals surface area contributed by atoms with Gasteiger partial charge in [0.25, 0.3) is 0 Å². The normalized spacial score (nSPS) is 10.6. The van der Waals surface area contributed by atoms with E-state index < -0.39 is 0 Å². The number of rotatable bonds is 5. The van der Waals surface area contributed by atoms with Crippen molar-refractivity contribution in [2.24, 2.45) is 0 Å². The van der Waals surface area contributed by atoms with E-state index in [2.05, 4.69) is 71.5 Å². The summed E-state index contributed by atoms with van der Waals surface area (Å²) in [5.41, 5.74) is 6.12. The predicted octanol–water partition coefficient (Wildman–Crippen LogP) is 4.82. The van der Waals surface area contributed by atoms with Gasteiger partial charge in [0.15, 0.2) is 0 Å². The third kappa shape index (κ3) is 3.84. The van der Waals surface area contributed by atoms with Crippen LogP contribution in [0.5, 0.6) is 0 Å². The number of ether oxygens (including phenoxy) is 1. The molecule has 0 atom stereocenters. The van der Waals surface area contributed by atoms with Crippen LogP contribution in [0.4, 0.5) is 5.69 Å². The molecular formula is C17H20BrNO. The summed E-state index contributed by atoms with van der Waals surface area (Å²) in [7, 11) is 1.72. The zero-order valence-electron chi connectivity index (χ0n) is 12.2. The molecular weight excluding hydrogens is 314 g/mol. The standard InChI is InChI=1S/C17H20BrNO/c1-12-7-16(8-13(2)17(12)18)19-10-14-5-4-6-15(9-14)11-20-3/h4-9,19H,10-11H2,1-3H3. The lowest BCUT2D eigenvalue weighted by molar-refractivity contribution is 0.185. The molecule has 0 heterocycles. The van der Waals surface area contributed by atoms with Gasteiger partial charge in [0.05, 0.1) is 6.61 Å². The molecule has 0 saturated heterocycles. The van der Waals surface area contributed by atoms with Gasteiger partial charge in [-0.3, -0.25) is 0 Å². The monoisotopic (exact) mass is 333 g/mol. The van der Waals surface area contributed by atoms with Crippen LogP contribution >= 0.6 is 15.9 Å². The Labute approximate surface area is 129 Å². The highest BCUT2D eigenvalue weighted by Gasteiger charge is 2.02. The second-order valence-electron chi connectivity index (χ2n) is 5.03. The largest absolute Gasteiger partial charge is 0.381 e. The molecule has 0 fully saturated rings. The maximum atomic E-state index is 5.16. The van der Waals surface area contributed by atoms with Crippen LogP contribution in [0.25, 0.3) is 0 Å². The summed E-state index contributed by atoms with van der Waals surface area (Å²) in [5.74, 6) is 0. The van der Waals surface area contributed by atoms with E-state index in [1.807, 2.05) is 0 Å². The molecule has 0 amide bonds. The Bertz CT molecular complexity index is 572. The van der Waals surface area contributed by atoms with Crippen LogP contribution in [-0.4, -0.2) is 7.11 Å². The Morgan fingerprint density at radius 1 is 1.05 bits per heavy atom. The third-order valence-corrected chi connectivity index (χ3v) is 4.49. The smallest absolute Gasteiger partial charge is 0.0713 e. The van der Waals surface area contributed by atoms with Gasteiger partial charge in [-0.2, -0.15) is 0 Å². The molecule has 20 heavy (non-hydrogen) atoms. The molecule has 0 aliphatic carbocycles. The highest BCUT2D eigenvalue weighted by molar-refractivity contribution is 9.10. The SMILES string of the molecule is COCc1cccc(CNc2cc(C)c(Br)c(C)c2)c1. The summed E-state index contributed by atoms with van der Waals surface area (Å²) in [6.45, 7) is 5.70. The lowest BCUT2D eigenvalue weighted by Crippen LogP contribution is -2.01. The van der Waals surface area contributed by atoms with E-state index in [0.717, 1.165) is 12.2 Å². The quantitative estimate of drug-likeness (QED) is 0.846. The Balaban J connectivity index is 2.07. The minimum atomic E-state index is 0.657. The fraction of sp³-hybridized carbons (Fsp3) is 0.294. The summed E-state index contributed by atoms with van der Waals surface area (Å²) in [5, 5.41) is 3.48. The average Bonchev–Trinajstić information content (AvgIpc) is 2.43. The molecule has 106 valence electrons. The topological polar surface area (TPSA) is 21.3 Å². The van der Waals surface area contributed by atoms with E-state index in [1.165, 1.54) is 26.7 Å². The average molecular weight is 334 g/mol. The van der Waals surface area contributed by atoms with Crippen molar-refractivity contribution in [1.82, 2.24) is 0 Å². The minimum Gasteiger partial charge on any atom is -0.381 e. The zero-order chi connectivity index (χ0) is 14.5. The molecule has 0 saturated carbocycles. The van der Waals surface area contributed by atoms with E-state index >= 15 is 0 Å². The van der Waals surface area contributed by atoms with E-state index in [4.69, 9.17) is 4.74 Å². The molecule has 0 radical (unpaired) electrons. The maximum absolute atomic E-state index is 5.16. The van der Waals surface area contributed by atoms with Crippen LogP contribution in [0.2, 0.25) is 0 Å². The third-order valence-electron chi connectivity index (χ3n) is 3.24. The second-order valence-corrected chi connectivity index (χ2v) is 5.82. The number of hydrogen-bond acceptors (Lipinski definition) is 2. The molecule has 0 aromatic heterocycles. The highest BCUT2D eigenvalue weighted by atomic mass is 79.9. The lowest BCUT2D eigenvalue weighted by Gasteiger charge is -2.11. The van der Waals surface area contributed by atoms with Crippen LogP contribution in [0, 0.1) is 13.8 Å². The molecule has 0 unspecified atom stereocenters. The number of anilines is 1. The number of halogens is 1. The molecule has 1 N–H and O–H groups in total. The molecule has 0 spiro atoms. The van der Waals surface area contributed by atoms with Gasteiger partial charge in [-0.15, -0.1) is 0 Å². The lowest BCUT2D eigenvalue weighted by atomic mass is 10.1. The van der Waals surface area contributed by atoms with Crippen LogP contribution in [0.1, 0.15) is 22.3 Å². The highest BCUT2D eigenvalue weighted by Crippen LogP contribution is 2.25. The van der Waals surface area contributed by atoms with Gasteiger partial charge in [0.2, 0.25) is 0 Å². The molecule has 0 aliphatic rings. The Morgan fingerprint density at radius 2 is 1.70 bits per heavy atom. The molecule has 2 aromatic rings. The second kappa shape index (κ2) is 6.91. The van der Waals surface area contributed by atoms with E-state index in [9.17, 15) is 0 Å². The van der Waals surface area contributed by atoms with Crippen LogP contribution in [0.3, 0.4) is 0 Å². The molecule has 3 heteroatoms. The maximum Gasteiger partial charge on any atom is 0.0713 e. The van der Waals surface area contributed by atoms with E-state index in [1.54, 1.807) is 7.11 Å². The molecule has 0 aliphatic heterocycles. The fourth-order valence-corrected chi connectivity index (χ4v) is 2.48. The van der Waals surface area contributed by atoms with Crippen molar-refractivity contribution in [1.29, 1.82) is 0 Å². The predicted molar refractivity (Wildman–Crippen MR) is 88.1 cm³/mol. The van der Waals surface area contributed by atoms with Crippen molar-refractivity contribution in [3.8, 4) is 0 Å². The van der Waals surface area contributed by atoms with Gasteiger partial charge in [0, 0.05) is 23.8 Å². The molecule has 2 rings (SSSR count). The van der Waals surface area contributed by atoms with Gasteiger partial charge in [0.1, 0.15) is 0 Å². The van der Waals surface area contributed by atoms with Crippen LogP contribution < -0.4 is 5.32 Å². The van der Waals surface area contributed by atoms with Crippen molar-refractivity contribution < 1.29 is 4.74 Å². The number of hydrogen-bond donors (Lipinski definition) is 1. The van der Waals surface area contributed by atoms with Gasteiger partial charge >= 0.3 is 0 Å². The number of nitrogens with one attached hydrogen (secondary N) is 1. The van der Waals surface area contributed by atoms with Gasteiger partial charge < -0.3 is 10.1 Å². The van der Waals surface area contributed by atoms with Gasteiger partial charge in [-0.25, -0.2) is 0 Å². The van der Waals surface area contributed by atoms with Crippen LogP contribution in [0.15, 0.2) is 40.9 Å². The van der Waals surface area contributed by atoms with E-state index in [0.29, 0.717) is 6.61 Å². The summed E-state index contributed by atoms with van der Waals surface area (Å²) in [4.78, 5) is 0. The number of methoxy groups -OCH3 is 1. The Morgan fingerprint density at radius 3 is 2.35 bits per heavy atom. The van der Waals surface area contributed by atoms with Crippen molar-refractivity contribution in [2.75, 3.05) is 12.4 Å². The van der Waals surface area contributed by atoms with Crippen molar-refractivity contribution in [3.05, 3.63) is 63.1 Å². The summed E-state index contributed by atoms with van der Waals surface area (Å²) < 4.78 is 6.35. The van der Waals surface area contributed by atoms with Crippen molar-refractivity contribution >= 4 is 21.6 Å². The molecule has 0 bridgehead atoms. The molecule has 2 nitrogen and oxygen atoms in total. The van der Waals surface area contributed by atoms with Crippen LogP contribution in [-0.2, 0) is 17.9 Å². The first-order valence-electron chi connectivity index (χ1n) is 6.67. The summed E-state index contributed by atoms with van der Waals surface area (Å²) in [6, 6.07) is 12.8. The van der Waals surface area contributed by atoms with Gasteiger partial charge in [-0.1, -0.05) is 40.2 Å². The Hall–Kier alpha value is -1.32. The fourth-order valence-electron chi connectivity index (χ4n) is 2.25. The van der Waals surface area contributed by atoms with Crippen molar-refractivity contribution in [3.63, 3.8) is 0 Å². The Kier molecular flexibility index (Phi) is 5.21. The molecule has 2 aromatic carbocycles. The summed E-state index contributed by atoms with van der Waals surface area (Å²) in [6.07, 6.45) is 0. The summed E-state index contributed by atoms with van der Waals surface area (Å²) >= 11 is 3.59. The van der Waals surface area contributed by atoms with E-state index in [-0.39, 0.29) is 0 Å². The van der Waals surface area contributed by atoms with Gasteiger partial charge in [-0.05, 0) is 48.2 Å². The number of aryl methyl sites for hydroxylation is 2. The zero-order valence-corrected chi connectivity index (χ0v) is 13.8. The number of benzene rings is 2. The first-order chi connectivity index (χ1) is 9.60. The first kappa shape index (κ1) is 15.1.